The number of carbonyl (C=O) groups is 2. The van der Waals surface area contributed by atoms with Crippen LogP contribution in [-0.2, 0) is 11.4 Å². The van der Waals surface area contributed by atoms with Crippen molar-refractivity contribution in [2.45, 2.75) is 20.0 Å². The summed E-state index contributed by atoms with van der Waals surface area (Å²) >= 11 is 0. The van der Waals surface area contributed by atoms with E-state index in [4.69, 9.17) is 4.74 Å². The molecule has 0 saturated heterocycles. The molecule has 0 saturated carbocycles. The number of halogens is 1. The molecule has 2 amide bonds. The van der Waals surface area contributed by atoms with E-state index in [1.165, 1.54) is 19.1 Å². The summed E-state index contributed by atoms with van der Waals surface area (Å²) in [6.07, 6.45) is 0.702. The number of benzene rings is 2. The lowest BCUT2D eigenvalue weighted by Crippen LogP contribution is -2.28. The highest BCUT2D eigenvalue weighted by Gasteiger charge is 2.29. The van der Waals surface area contributed by atoms with Gasteiger partial charge in [0.1, 0.15) is 12.2 Å². The maximum absolute atomic E-state index is 12.6. The van der Waals surface area contributed by atoms with Crippen LogP contribution in [0.2, 0.25) is 0 Å². The fourth-order valence-corrected chi connectivity index (χ4v) is 2.79. The van der Waals surface area contributed by atoms with Crippen LogP contribution in [0.1, 0.15) is 29.3 Å². The number of hydrogen-bond acceptors (Lipinski definition) is 6. The summed E-state index contributed by atoms with van der Waals surface area (Å²) in [7, 11) is 3.84. The van der Waals surface area contributed by atoms with Crippen LogP contribution in [0.15, 0.2) is 42.5 Å². The van der Waals surface area contributed by atoms with E-state index in [-0.39, 0.29) is 36.0 Å². The Labute approximate surface area is 187 Å². The molecule has 0 atom stereocenters. The van der Waals surface area contributed by atoms with Gasteiger partial charge in [-0.3, -0.25) is 19.7 Å². The van der Waals surface area contributed by atoms with Crippen LogP contribution in [-0.4, -0.2) is 48.8 Å². The minimum atomic E-state index is -0.666. The van der Waals surface area contributed by atoms with Crippen molar-refractivity contribution in [3.63, 3.8) is 0 Å². The maximum Gasteiger partial charge on any atom is 0.325 e. The molecule has 0 aliphatic heterocycles. The molecular weight excluding hydrogens is 424 g/mol. The first-order chi connectivity index (χ1) is 14.3. The van der Waals surface area contributed by atoms with E-state index < -0.39 is 22.4 Å². The van der Waals surface area contributed by atoms with Crippen LogP contribution < -0.4 is 15.4 Å². The molecular formula is C21H27ClN4O5. The first kappa shape index (κ1) is 25.9. The lowest BCUT2D eigenvalue weighted by molar-refractivity contribution is -0.386. The summed E-state index contributed by atoms with van der Waals surface area (Å²) in [5.41, 5.74) is 0.317. The largest absolute Gasteiger partial charge is 0.480 e. The standard InChI is InChI=1S/C21H26N4O5.ClH/c1-15(26)23-18-11-10-17(21(27)22-12-7-13-24(2)3)19(25(28)29)20(18)30-14-16-8-5-4-6-9-16;/h4-6,8-11H,7,12-14H2,1-3H3,(H,22,27)(H,23,26);1H. The molecule has 0 bridgehead atoms. The number of rotatable bonds is 10. The molecule has 0 heterocycles. The fourth-order valence-electron chi connectivity index (χ4n) is 2.79. The van der Waals surface area contributed by atoms with Crippen LogP contribution in [0, 0.1) is 10.1 Å². The number of nitrogens with one attached hydrogen (secondary N) is 2. The zero-order valence-electron chi connectivity index (χ0n) is 17.7. The Kier molecular flexibility index (Phi) is 10.4. The smallest absolute Gasteiger partial charge is 0.325 e. The summed E-state index contributed by atoms with van der Waals surface area (Å²) in [6, 6.07) is 11.9. The number of nitro benzene ring substituents is 1. The summed E-state index contributed by atoms with van der Waals surface area (Å²) < 4.78 is 5.72. The molecule has 0 aliphatic carbocycles. The van der Waals surface area contributed by atoms with Crippen LogP contribution in [0.3, 0.4) is 0 Å². The number of carbonyl (C=O) groups excluding carboxylic acids is 2. The topological polar surface area (TPSA) is 114 Å². The lowest BCUT2D eigenvalue weighted by atomic mass is 10.1. The van der Waals surface area contributed by atoms with Gasteiger partial charge in [0.2, 0.25) is 11.7 Å². The summed E-state index contributed by atoms with van der Waals surface area (Å²) in [5, 5.41) is 17.1. The van der Waals surface area contributed by atoms with Gasteiger partial charge >= 0.3 is 5.69 Å². The van der Waals surface area contributed by atoms with Gasteiger partial charge in [0.15, 0.2) is 0 Å². The van der Waals surface area contributed by atoms with Crippen molar-refractivity contribution in [3.8, 4) is 5.75 Å². The third-order valence-corrected chi connectivity index (χ3v) is 4.16. The van der Waals surface area contributed by atoms with Crippen molar-refractivity contribution in [1.29, 1.82) is 0 Å². The predicted octanol–water partition coefficient (Wildman–Crippen LogP) is 3.24. The number of nitro groups is 1. The zero-order chi connectivity index (χ0) is 22.1. The SMILES string of the molecule is CC(=O)Nc1ccc(C(=O)NCCCN(C)C)c([N+](=O)[O-])c1OCc1ccccc1.Cl. The Hall–Kier alpha value is -3.17. The predicted molar refractivity (Wildman–Crippen MR) is 121 cm³/mol. The minimum Gasteiger partial charge on any atom is -0.480 e. The molecule has 0 radical (unpaired) electrons. The molecule has 0 aliphatic rings. The van der Waals surface area contributed by atoms with Crippen LogP contribution >= 0.6 is 12.4 Å². The number of amides is 2. The van der Waals surface area contributed by atoms with E-state index in [9.17, 15) is 19.7 Å². The normalized spacial score (nSPS) is 10.2. The van der Waals surface area contributed by atoms with E-state index in [1.807, 2.05) is 49.3 Å². The minimum absolute atomic E-state index is 0. The van der Waals surface area contributed by atoms with Crippen molar-refractivity contribution in [2.75, 3.05) is 32.5 Å². The summed E-state index contributed by atoms with van der Waals surface area (Å²) in [5.74, 6) is -1.13. The van der Waals surface area contributed by atoms with Crippen LogP contribution in [0.5, 0.6) is 5.75 Å². The van der Waals surface area contributed by atoms with E-state index in [2.05, 4.69) is 10.6 Å². The van der Waals surface area contributed by atoms with Gasteiger partial charge in [-0.25, -0.2) is 0 Å². The monoisotopic (exact) mass is 450 g/mol. The maximum atomic E-state index is 12.6. The van der Waals surface area contributed by atoms with E-state index in [1.54, 1.807) is 0 Å². The number of ether oxygens (including phenoxy) is 1. The second-order valence-corrected chi connectivity index (χ2v) is 6.96. The van der Waals surface area contributed by atoms with E-state index >= 15 is 0 Å². The molecule has 0 spiro atoms. The van der Waals surface area contributed by atoms with Crippen molar-refractivity contribution in [2.24, 2.45) is 0 Å². The average Bonchev–Trinajstić information content (AvgIpc) is 2.69. The molecule has 31 heavy (non-hydrogen) atoms. The Bertz CT molecular complexity index is 906. The first-order valence-corrected chi connectivity index (χ1v) is 9.48. The van der Waals surface area contributed by atoms with E-state index in [0.29, 0.717) is 13.0 Å². The summed E-state index contributed by atoms with van der Waals surface area (Å²) in [4.78, 5) is 37.3. The third-order valence-electron chi connectivity index (χ3n) is 4.16. The number of hydrogen-bond donors (Lipinski definition) is 2. The Morgan fingerprint density at radius 2 is 1.81 bits per heavy atom. The van der Waals surface area contributed by atoms with Crippen LogP contribution in [0.4, 0.5) is 11.4 Å². The van der Waals surface area contributed by atoms with Crippen molar-refractivity contribution in [3.05, 3.63) is 63.7 Å². The van der Waals surface area contributed by atoms with Gasteiger partial charge in [0.25, 0.3) is 5.91 Å². The van der Waals surface area contributed by atoms with Gasteiger partial charge in [0.05, 0.1) is 10.6 Å². The number of anilines is 1. The second-order valence-electron chi connectivity index (χ2n) is 6.96. The van der Waals surface area contributed by atoms with Gasteiger partial charge in [0, 0.05) is 13.5 Å². The third kappa shape index (κ3) is 7.88. The van der Waals surface area contributed by atoms with E-state index in [0.717, 1.165) is 12.1 Å². The fraction of sp³-hybridized carbons (Fsp3) is 0.333. The molecule has 0 fully saturated rings. The molecule has 0 aromatic heterocycles. The molecule has 168 valence electrons. The first-order valence-electron chi connectivity index (χ1n) is 9.48. The van der Waals surface area contributed by atoms with Crippen molar-refractivity contribution >= 4 is 35.6 Å². The molecule has 0 unspecified atom stereocenters. The summed E-state index contributed by atoms with van der Waals surface area (Å²) in [6.45, 7) is 2.48. The van der Waals surface area contributed by atoms with Gasteiger partial charge in [-0.1, -0.05) is 30.3 Å². The Morgan fingerprint density at radius 3 is 2.39 bits per heavy atom. The van der Waals surface area contributed by atoms with Gasteiger partial charge in [-0.05, 0) is 44.8 Å². The van der Waals surface area contributed by atoms with Gasteiger partial charge < -0.3 is 20.3 Å². The average molecular weight is 451 g/mol. The zero-order valence-corrected chi connectivity index (χ0v) is 18.5. The lowest BCUT2D eigenvalue weighted by Gasteiger charge is -2.15. The molecule has 9 nitrogen and oxygen atoms in total. The van der Waals surface area contributed by atoms with Crippen molar-refractivity contribution < 1.29 is 19.2 Å². The number of nitrogens with zero attached hydrogens (tertiary/aromatic N) is 2. The Balaban J connectivity index is 0.00000480. The molecule has 10 heteroatoms. The highest BCUT2D eigenvalue weighted by molar-refractivity contribution is 6.01. The highest BCUT2D eigenvalue weighted by atomic mass is 35.5. The van der Waals surface area contributed by atoms with Gasteiger partial charge in [-0.2, -0.15) is 0 Å². The molecule has 2 rings (SSSR count). The van der Waals surface area contributed by atoms with Gasteiger partial charge in [-0.15, -0.1) is 12.4 Å². The molecule has 2 N–H and O–H groups in total. The quantitative estimate of drug-likeness (QED) is 0.326. The van der Waals surface area contributed by atoms with Crippen molar-refractivity contribution in [1.82, 2.24) is 10.2 Å². The molecule has 2 aromatic rings. The van der Waals surface area contributed by atoms with Crippen LogP contribution in [0.25, 0.3) is 0 Å². The second kappa shape index (κ2) is 12.5. The highest BCUT2D eigenvalue weighted by Crippen LogP contribution is 2.39. The Morgan fingerprint density at radius 1 is 1.13 bits per heavy atom. The molecule has 2 aromatic carbocycles.